The zero-order chi connectivity index (χ0) is 24.4. The number of rotatable bonds is 10. The van der Waals surface area contributed by atoms with Crippen molar-refractivity contribution in [3.8, 4) is 5.75 Å². The summed E-state index contributed by atoms with van der Waals surface area (Å²) in [6.07, 6.45) is 2.66. The minimum atomic E-state index is -0.604. The van der Waals surface area contributed by atoms with Gasteiger partial charge in [0.15, 0.2) is 5.11 Å². The number of benzene rings is 2. The number of hydrogen-bond donors (Lipinski definition) is 3. The fraction of sp³-hybridized carbons (Fsp3) is 0.423. The number of nitrogens with one attached hydrogen (secondary N) is 3. The zero-order valence-electron chi connectivity index (χ0n) is 20.2. The molecule has 0 heterocycles. The molecule has 6 nitrogen and oxygen atoms in total. The summed E-state index contributed by atoms with van der Waals surface area (Å²) in [5.74, 6) is 0.698. The Morgan fingerprint density at radius 3 is 2.42 bits per heavy atom. The van der Waals surface area contributed by atoms with Crippen LogP contribution >= 0.6 is 12.2 Å². The van der Waals surface area contributed by atoms with Crippen molar-refractivity contribution in [3.05, 3.63) is 53.6 Å². The lowest BCUT2D eigenvalue weighted by molar-refractivity contribution is -0.128. The molecule has 0 aliphatic rings. The highest BCUT2D eigenvalue weighted by atomic mass is 32.1. The summed E-state index contributed by atoms with van der Waals surface area (Å²) in [7, 11) is 0. The van der Waals surface area contributed by atoms with Crippen molar-refractivity contribution in [2.75, 3.05) is 17.2 Å². The van der Waals surface area contributed by atoms with Gasteiger partial charge in [0.1, 0.15) is 5.75 Å². The summed E-state index contributed by atoms with van der Waals surface area (Å²) in [6, 6.07) is 13.4. The van der Waals surface area contributed by atoms with E-state index in [-0.39, 0.29) is 16.9 Å². The van der Waals surface area contributed by atoms with Crippen molar-refractivity contribution in [2.24, 2.45) is 5.41 Å². The van der Waals surface area contributed by atoms with Crippen LogP contribution in [0.3, 0.4) is 0 Å². The van der Waals surface area contributed by atoms with Gasteiger partial charge in [-0.15, -0.1) is 0 Å². The first-order chi connectivity index (χ1) is 15.6. The van der Waals surface area contributed by atoms with Crippen molar-refractivity contribution in [1.82, 2.24) is 5.32 Å². The Hall–Kier alpha value is -2.93. The smallest absolute Gasteiger partial charge is 0.231 e. The van der Waals surface area contributed by atoms with Crippen LogP contribution < -0.4 is 20.7 Å². The van der Waals surface area contributed by atoms with E-state index in [2.05, 4.69) is 22.0 Å². The van der Waals surface area contributed by atoms with Crippen LogP contribution in [0, 0.1) is 19.3 Å². The Morgan fingerprint density at radius 2 is 1.73 bits per heavy atom. The molecule has 3 N–H and O–H groups in total. The van der Waals surface area contributed by atoms with Crippen molar-refractivity contribution >= 4 is 40.5 Å². The third-order valence-corrected chi connectivity index (χ3v) is 5.47. The summed E-state index contributed by atoms with van der Waals surface area (Å²) in [5.41, 5.74) is 3.02. The minimum absolute atomic E-state index is 0.0335. The van der Waals surface area contributed by atoms with Crippen molar-refractivity contribution < 1.29 is 14.3 Å². The Morgan fingerprint density at radius 1 is 1.03 bits per heavy atom. The van der Waals surface area contributed by atoms with E-state index < -0.39 is 5.41 Å². The summed E-state index contributed by atoms with van der Waals surface area (Å²) >= 11 is 5.32. The Kier molecular flexibility index (Phi) is 9.85. The molecule has 0 saturated carbocycles. The predicted molar refractivity (Wildman–Crippen MR) is 139 cm³/mol. The van der Waals surface area contributed by atoms with E-state index in [1.807, 2.05) is 65.0 Å². The first kappa shape index (κ1) is 26.3. The lowest BCUT2D eigenvalue weighted by atomic mass is 9.87. The first-order valence-electron chi connectivity index (χ1n) is 11.3. The van der Waals surface area contributed by atoms with Crippen LogP contribution in [0.2, 0.25) is 0 Å². The molecule has 0 aliphatic carbocycles. The molecule has 0 aromatic heterocycles. The van der Waals surface area contributed by atoms with Gasteiger partial charge in [0, 0.05) is 23.2 Å². The molecule has 0 atom stereocenters. The summed E-state index contributed by atoms with van der Waals surface area (Å²) in [6.45, 7) is 10.3. The Labute approximate surface area is 202 Å². The number of ether oxygens (including phenoxy) is 1. The second-order valence-electron chi connectivity index (χ2n) is 8.89. The topological polar surface area (TPSA) is 79.5 Å². The molecule has 2 aromatic carbocycles. The molecule has 0 radical (unpaired) electrons. The lowest BCUT2D eigenvalue weighted by Gasteiger charge is -2.24. The van der Waals surface area contributed by atoms with Crippen LogP contribution in [-0.2, 0) is 9.59 Å². The predicted octanol–water partition coefficient (Wildman–Crippen LogP) is 5.74. The van der Waals surface area contributed by atoms with Gasteiger partial charge in [-0.05, 0) is 80.7 Å². The normalized spacial score (nSPS) is 10.9. The lowest BCUT2D eigenvalue weighted by Crippen LogP contribution is -2.42. The zero-order valence-corrected chi connectivity index (χ0v) is 21.0. The van der Waals surface area contributed by atoms with Gasteiger partial charge in [0.05, 0.1) is 6.61 Å². The van der Waals surface area contributed by atoms with Crippen molar-refractivity contribution in [3.63, 3.8) is 0 Å². The van der Waals surface area contributed by atoms with E-state index >= 15 is 0 Å². The molecule has 7 heteroatoms. The fourth-order valence-electron chi connectivity index (χ4n) is 3.23. The van der Waals surface area contributed by atoms with E-state index in [0.29, 0.717) is 30.8 Å². The molecular weight excluding hydrogens is 434 g/mol. The molecule has 2 rings (SSSR count). The van der Waals surface area contributed by atoms with E-state index in [4.69, 9.17) is 17.0 Å². The number of amides is 2. The number of carbonyl (C=O) groups excluding carboxylic acids is 2. The number of hydrogen-bond acceptors (Lipinski definition) is 4. The highest BCUT2D eigenvalue weighted by molar-refractivity contribution is 7.80. The third kappa shape index (κ3) is 8.85. The molecule has 2 amide bonds. The summed E-state index contributed by atoms with van der Waals surface area (Å²) < 4.78 is 5.91. The first-order valence-corrected chi connectivity index (χ1v) is 11.7. The van der Waals surface area contributed by atoms with Crippen LogP contribution in [0.15, 0.2) is 42.5 Å². The number of thiocarbonyl (C=S) groups is 1. The monoisotopic (exact) mass is 469 g/mol. The highest BCUT2D eigenvalue weighted by Gasteiger charge is 2.27. The quantitative estimate of drug-likeness (QED) is 0.305. The average Bonchev–Trinajstić information content (AvgIpc) is 2.73. The van der Waals surface area contributed by atoms with E-state index in [1.54, 1.807) is 6.07 Å². The summed E-state index contributed by atoms with van der Waals surface area (Å²) in [5, 5.41) is 8.86. The van der Waals surface area contributed by atoms with Gasteiger partial charge in [0.2, 0.25) is 11.8 Å². The maximum Gasteiger partial charge on any atom is 0.231 e. The van der Waals surface area contributed by atoms with Crippen molar-refractivity contribution in [1.29, 1.82) is 0 Å². The third-order valence-electron chi connectivity index (χ3n) is 5.27. The number of carbonyl (C=O) groups is 2. The van der Waals surface area contributed by atoms with E-state index in [1.165, 1.54) is 0 Å². The Balaban J connectivity index is 1.82. The second-order valence-corrected chi connectivity index (χ2v) is 9.30. The molecule has 0 unspecified atom stereocenters. The highest BCUT2D eigenvalue weighted by Crippen LogP contribution is 2.24. The molecule has 2 aromatic rings. The molecule has 178 valence electrons. The van der Waals surface area contributed by atoms with Crippen LogP contribution in [0.4, 0.5) is 11.4 Å². The summed E-state index contributed by atoms with van der Waals surface area (Å²) in [4.78, 5) is 24.6. The second kappa shape index (κ2) is 12.3. The minimum Gasteiger partial charge on any atom is -0.493 e. The van der Waals surface area contributed by atoms with Gasteiger partial charge in [-0.3, -0.25) is 9.59 Å². The van der Waals surface area contributed by atoms with Crippen LogP contribution in [-0.4, -0.2) is 23.5 Å². The van der Waals surface area contributed by atoms with Gasteiger partial charge in [0.25, 0.3) is 0 Å². The van der Waals surface area contributed by atoms with Gasteiger partial charge in [-0.2, -0.15) is 0 Å². The molecule has 0 saturated heterocycles. The maximum atomic E-state index is 12.8. The van der Waals surface area contributed by atoms with Gasteiger partial charge < -0.3 is 20.7 Å². The van der Waals surface area contributed by atoms with Gasteiger partial charge in [-0.25, -0.2) is 0 Å². The molecule has 33 heavy (non-hydrogen) atoms. The standard InChI is InChI=1S/C26H35N3O3S/c1-6-9-23(30)27-20-10-7-11-21(17-20)28-25(33)29-24(31)26(4,5)14-8-15-32-22-16-18(2)12-13-19(22)3/h7,10-13,16-17H,6,8-9,14-15H2,1-5H3,(H,27,30)(H2,28,29,31,33). The number of aryl methyl sites for hydroxylation is 2. The molecule has 0 bridgehead atoms. The fourth-order valence-corrected chi connectivity index (χ4v) is 3.44. The largest absolute Gasteiger partial charge is 0.493 e. The van der Waals surface area contributed by atoms with Crippen molar-refractivity contribution in [2.45, 2.75) is 60.3 Å². The maximum absolute atomic E-state index is 12.8. The average molecular weight is 470 g/mol. The number of anilines is 2. The van der Waals surface area contributed by atoms with Crippen LogP contribution in [0.1, 0.15) is 57.6 Å². The van der Waals surface area contributed by atoms with E-state index in [9.17, 15) is 9.59 Å². The van der Waals surface area contributed by atoms with Gasteiger partial charge in [-0.1, -0.05) is 39.0 Å². The molecule has 0 aliphatic heterocycles. The molecular formula is C26H35N3O3S. The molecule has 0 spiro atoms. The van der Waals surface area contributed by atoms with E-state index in [0.717, 1.165) is 29.7 Å². The Bertz CT molecular complexity index is 988. The molecule has 0 fully saturated rings. The van der Waals surface area contributed by atoms with Crippen LogP contribution in [0.25, 0.3) is 0 Å². The SMILES string of the molecule is CCCC(=O)Nc1cccc(NC(=S)NC(=O)C(C)(C)CCCOc2cc(C)ccc2C)c1. The van der Waals surface area contributed by atoms with Crippen LogP contribution in [0.5, 0.6) is 5.75 Å². The van der Waals surface area contributed by atoms with Gasteiger partial charge >= 0.3 is 0 Å².